The molecule has 7 nitrogen and oxygen atoms in total. The maximum atomic E-state index is 13.1. The second-order valence-electron chi connectivity index (χ2n) is 8.30. The van der Waals surface area contributed by atoms with Gasteiger partial charge in [-0.3, -0.25) is 24.5 Å². The number of hydrogen-bond acceptors (Lipinski definition) is 6. The van der Waals surface area contributed by atoms with Gasteiger partial charge in [-0.1, -0.05) is 11.6 Å². The number of phenolic OH excluding ortho intramolecular Hbond substituents is 1. The highest BCUT2D eigenvalue weighted by molar-refractivity contribution is 9.12. The predicted molar refractivity (Wildman–Crippen MR) is 120 cm³/mol. The number of halogens is 2. The minimum absolute atomic E-state index is 0.0787. The van der Waals surface area contributed by atoms with Crippen molar-refractivity contribution in [1.29, 1.82) is 0 Å². The van der Waals surface area contributed by atoms with Gasteiger partial charge >= 0.3 is 0 Å². The van der Waals surface area contributed by atoms with E-state index in [1.165, 1.54) is 13.2 Å². The van der Waals surface area contributed by atoms with Gasteiger partial charge in [0.1, 0.15) is 0 Å². The Morgan fingerprint density at radius 3 is 2.56 bits per heavy atom. The van der Waals surface area contributed by atoms with Crippen LogP contribution in [-0.2, 0) is 19.2 Å². The van der Waals surface area contributed by atoms with Gasteiger partial charge in [-0.05, 0) is 68.3 Å². The molecule has 0 bridgehead atoms. The van der Waals surface area contributed by atoms with Gasteiger partial charge in [0.2, 0.25) is 11.8 Å². The van der Waals surface area contributed by atoms with E-state index in [4.69, 9.17) is 4.74 Å². The number of rotatable bonds is 2. The van der Waals surface area contributed by atoms with Gasteiger partial charge in [0.15, 0.2) is 23.1 Å². The van der Waals surface area contributed by atoms with Crippen molar-refractivity contribution in [3.63, 3.8) is 0 Å². The van der Waals surface area contributed by atoms with Gasteiger partial charge in [0.05, 0.1) is 27.9 Å². The summed E-state index contributed by atoms with van der Waals surface area (Å²) in [7, 11) is 1.42. The number of aromatic hydroxyl groups is 1. The monoisotopic (exact) mass is 561 g/mol. The highest BCUT2D eigenvalue weighted by Gasteiger charge is 2.53. The molecule has 9 heteroatoms. The SMILES string of the molecule is COc1cc([C@H]2C3=CC[C@@H]4C(=O)NC(=O)[C@@H]4[C@@H]3CC3=C2C(=O)C=C(Br)C3=O)cc(Br)c1O. The molecule has 5 rings (SSSR count). The molecule has 2 N–H and O–H groups in total. The lowest BCUT2D eigenvalue weighted by atomic mass is 9.59. The van der Waals surface area contributed by atoms with Gasteiger partial charge in [-0.2, -0.15) is 0 Å². The lowest BCUT2D eigenvalue weighted by Crippen LogP contribution is -2.39. The number of ketones is 2. The van der Waals surface area contributed by atoms with E-state index in [9.17, 15) is 24.3 Å². The quantitative estimate of drug-likeness (QED) is 0.325. The molecule has 1 fully saturated rings. The molecule has 0 spiro atoms. The highest BCUT2D eigenvalue weighted by Crippen LogP contribution is 2.55. The van der Waals surface area contributed by atoms with E-state index in [2.05, 4.69) is 37.2 Å². The zero-order valence-corrected chi connectivity index (χ0v) is 19.9. The molecule has 4 aliphatic rings. The van der Waals surface area contributed by atoms with E-state index >= 15 is 0 Å². The van der Waals surface area contributed by atoms with Gasteiger partial charge in [-0.25, -0.2) is 0 Å². The molecule has 164 valence electrons. The summed E-state index contributed by atoms with van der Waals surface area (Å²) in [5.74, 6) is -3.14. The first-order valence-corrected chi connectivity index (χ1v) is 11.6. The molecule has 1 saturated heterocycles. The first-order valence-electron chi connectivity index (χ1n) is 10.0. The lowest BCUT2D eigenvalue weighted by Gasteiger charge is -2.42. The smallest absolute Gasteiger partial charge is 0.231 e. The van der Waals surface area contributed by atoms with Crippen LogP contribution >= 0.6 is 31.9 Å². The second kappa shape index (κ2) is 7.52. The Bertz CT molecular complexity index is 1230. The Morgan fingerprint density at radius 1 is 1.09 bits per heavy atom. The minimum Gasteiger partial charge on any atom is -0.503 e. The van der Waals surface area contributed by atoms with Crippen molar-refractivity contribution in [2.45, 2.75) is 18.8 Å². The van der Waals surface area contributed by atoms with Gasteiger partial charge in [0, 0.05) is 23.1 Å². The molecule has 0 aromatic heterocycles. The Labute approximate surface area is 199 Å². The van der Waals surface area contributed by atoms with Crippen molar-refractivity contribution in [2.24, 2.45) is 17.8 Å². The lowest BCUT2D eigenvalue weighted by molar-refractivity contribution is -0.126. The number of fused-ring (bicyclic) bond motifs is 3. The molecule has 1 aliphatic heterocycles. The number of amides is 2. The van der Waals surface area contributed by atoms with Crippen LogP contribution in [0.5, 0.6) is 11.5 Å². The first-order chi connectivity index (χ1) is 15.2. The summed E-state index contributed by atoms with van der Waals surface area (Å²) in [4.78, 5) is 51.2. The van der Waals surface area contributed by atoms with Gasteiger partial charge < -0.3 is 9.84 Å². The molecular weight excluding hydrogens is 546 g/mol. The van der Waals surface area contributed by atoms with E-state index < -0.39 is 23.7 Å². The number of allylic oxidation sites excluding steroid dienone is 6. The van der Waals surface area contributed by atoms with Crippen molar-refractivity contribution < 1.29 is 29.0 Å². The van der Waals surface area contributed by atoms with Gasteiger partial charge in [-0.15, -0.1) is 0 Å². The Balaban J connectivity index is 1.74. The largest absolute Gasteiger partial charge is 0.503 e. The van der Waals surface area contributed by atoms with Crippen LogP contribution in [0.3, 0.4) is 0 Å². The van der Waals surface area contributed by atoms with Crippen molar-refractivity contribution in [3.05, 3.63) is 55.5 Å². The number of Topliss-reactive ketones (excluding diaryl/α,β-unsaturated/α-hetero) is 1. The van der Waals surface area contributed by atoms with Crippen LogP contribution < -0.4 is 10.1 Å². The third kappa shape index (κ3) is 2.97. The number of nitrogens with one attached hydrogen (secondary N) is 1. The van der Waals surface area contributed by atoms with Crippen LogP contribution in [0.1, 0.15) is 24.3 Å². The zero-order chi connectivity index (χ0) is 22.9. The fraction of sp³-hybridized carbons (Fsp3) is 0.304. The van der Waals surface area contributed by atoms with Crippen molar-refractivity contribution in [1.82, 2.24) is 5.32 Å². The van der Waals surface area contributed by atoms with Crippen molar-refractivity contribution in [2.75, 3.05) is 7.11 Å². The molecule has 0 unspecified atom stereocenters. The number of carbonyl (C=O) groups is 4. The molecule has 2 amide bonds. The second-order valence-corrected chi connectivity index (χ2v) is 10.0. The summed E-state index contributed by atoms with van der Waals surface area (Å²) < 4.78 is 5.86. The number of hydrogen-bond donors (Lipinski definition) is 2. The summed E-state index contributed by atoms with van der Waals surface area (Å²) in [6, 6.07) is 3.32. The third-order valence-electron chi connectivity index (χ3n) is 6.78. The third-order valence-corrected chi connectivity index (χ3v) is 7.97. The maximum Gasteiger partial charge on any atom is 0.231 e. The number of benzene rings is 1. The van der Waals surface area contributed by atoms with Crippen LogP contribution in [0.4, 0.5) is 0 Å². The van der Waals surface area contributed by atoms with Crippen LogP contribution in [0.2, 0.25) is 0 Å². The summed E-state index contributed by atoms with van der Waals surface area (Å²) in [5, 5.41) is 12.7. The number of carbonyl (C=O) groups excluding carboxylic acids is 4. The van der Waals surface area contributed by atoms with Crippen LogP contribution in [0.25, 0.3) is 0 Å². The van der Waals surface area contributed by atoms with Crippen LogP contribution in [0.15, 0.2) is 50.0 Å². The summed E-state index contributed by atoms with van der Waals surface area (Å²) >= 11 is 6.52. The van der Waals surface area contributed by atoms with Gasteiger partial charge in [0.25, 0.3) is 0 Å². The average molecular weight is 563 g/mol. The van der Waals surface area contributed by atoms with E-state index in [0.717, 1.165) is 5.57 Å². The van der Waals surface area contributed by atoms with E-state index in [-0.39, 0.29) is 45.8 Å². The molecule has 3 aliphatic carbocycles. The van der Waals surface area contributed by atoms with Crippen LogP contribution in [-0.4, -0.2) is 35.6 Å². The fourth-order valence-corrected chi connectivity index (χ4v) is 6.32. The molecule has 1 heterocycles. The normalized spacial score (nSPS) is 29.1. The number of ether oxygens (including phenoxy) is 1. The molecule has 4 atom stereocenters. The molecule has 32 heavy (non-hydrogen) atoms. The number of methoxy groups -OCH3 is 1. The molecule has 0 radical (unpaired) electrons. The minimum atomic E-state index is -0.604. The van der Waals surface area contributed by atoms with E-state index in [1.807, 2.05) is 6.08 Å². The first kappa shape index (κ1) is 21.3. The Hall–Kier alpha value is -2.52. The molecular formula is C23H17Br2NO6. The number of imide groups is 1. The summed E-state index contributed by atoms with van der Waals surface area (Å²) in [5.41, 5.74) is 2.20. The summed E-state index contributed by atoms with van der Waals surface area (Å²) in [6.45, 7) is 0. The Kier molecular flexibility index (Phi) is 5.01. The Morgan fingerprint density at radius 2 is 1.84 bits per heavy atom. The molecule has 0 saturated carbocycles. The van der Waals surface area contributed by atoms with Crippen LogP contribution in [0, 0.1) is 17.8 Å². The van der Waals surface area contributed by atoms with E-state index in [0.29, 0.717) is 27.6 Å². The zero-order valence-electron chi connectivity index (χ0n) is 16.8. The highest BCUT2D eigenvalue weighted by atomic mass is 79.9. The number of phenols is 1. The van der Waals surface area contributed by atoms with Crippen molar-refractivity contribution >= 4 is 55.2 Å². The molecule has 1 aromatic carbocycles. The topological polar surface area (TPSA) is 110 Å². The van der Waals surface area contributed by atoms with Crippen molar-refractivity contribution in [3.8, 4) is 11.5 Å². The summed E-state index contributed by atoms with van der Waals surface area (Å²) in [6.07, 6.45) is 3.80. The average Bonchev–Trinajstić information content (AvgIpc) is 3.06. The standard InChI is InChI=1S/C23H17Br2NO6/c1-32-16-5-8(4-13(24)21(16)29)17-9-2-3-10-18(23(31)26-22(10)30)11(9)6-12-19(17)15(27)7-14(25)20(12)28/h2,4-5,7,10-11,17-18,29H,3,6H2,1H3,(H,26,30,31)/t10-,11+,17-,18-/m0/s1. The predicted octanol–water partition coefficient (Wildman–Crippen LogP) is 3.21. The fourth-order valence-electron chi connectivity index (χ4n) is 5.41. The maximum absolute atomic E-state index is 13.1. The van der Waals surface area contributed by atoms with E-state index in [1.54, 1.807) is 12.1 Å². The molecule has 1 aromatic rings.